The lowest BCUT2D eigenvalue weighted by Gasteiger charge is -2.08. The van der Waals surface area contributed by atoms with Crippen molar-refractivity contribution in [3.05, 3.63) is 59.1 Å². The van der Waals surface area contributed by atoms with Crippen LogP contribution in [0.15, 0.2) is 48.3 Å². The van der Waals surface area contributed by atoms with Crippen LogP contribution < -0.4 is 10.5 Å². The van der Waals surface area contributed by atoms with Crippen molar-refractivity contribution in [3.8, 4) is 16.3 Å². The summed E-state index contributed by atoms with van der Waals surface area (Å²) in [4.78, 5) is 22.3. The van der Waals surface area contributed by atoms with E-state index in [9.17, 15) is 35.1 Å². The van der Waals surface area contributed by atoms with Crippen molar-refractivity contribution in [2.75, 3.05) is 13.2 Å². The second-order valence-electron chi connectivity index (χ2n) is 6.64. The molecule has 0 fully saturated rings. The number of thiazole rings is 1. The number of carboxylic acids is 2. The van der Waals surface area contributed by atoms with Crippen LogP contribution in [0.4, 0.5) is 35.1 Å². The molecule has 3 aromatic rings. The molecule has 208 valence electrons. The second kappa shape index (κ2) is 13.9. The summed E-state index contributed by atoms with van der Waals surface area (Å²) < 4.78 is 96.3. The molecule has 0 spiro atoms. The van der Waals surface area contributed by atoms with Gasteiger partial charge in [-0.15, -0.1) is 11.3 Å². The van der Waals surface area contributed by atoms with E-state index in [4.69, 9.17) is 41.9 Å². The molecule has 17 heteroatoms. The predicted octanol–water partition coefficient (Wildman–Crippen LogP) is 6.21. The Hall–Kier alpha value is -3.50. The smallest absolute Gasteiger partial charge is 0.486 e. The van der Waals surface area contributed by atoms with Gasteiger partial charge < -0.3 is 20.7 Å². The maximum absolute atomic E-state index is 14.2. The molecule has 0 radical (unpaired) electrons. The number of carboxylic acid groups (broad SMARTS) is 2. The van der Waals surface area contributed by atoms with Crippen molar-refractivity contribution in [1.29, 1.82) is 0 Å². The Bertz CT molecular complexity index is 1270. The van der Waals surface area contributed by atoms with Crippen LogP contribution in [0.25, 0.3) is 20.8 Å². The van der Waals surface area contributed by atoms with Gasteiger partial charge in [0.25, 0.3) is 0 Å². The molecule has 0 unspecified atom stereocenters. The molecule has 1 aromatic heterocycles. The van der Waals surface area contributed by atoms with Crippen LogP contribution in [-0.2, 0) is 9.59 Å². The molecular formula is C21H15ClF8N2O5S. The largest absolute Gasteiger partial charge is 0.490 e. The maximum atomic E-state index is 14.2. The molecule has 0 saturated heterocycles. The molecule has 3 rings (SSSR count). The van der Waals surface area contributed by atoms with Gasteiger partial charge in [-0.1, -0.05) is 11.6 Å². The number of nitrogens with zero attached hydrogens (tertiary/aromatic N) is 1. The van der Waals surface area contributed by atoms with Gasteiger partial charge in [-0.25, -0.2) is 23.4 Å². The molecule has 38 heavy (non-hydrogen) atoms. The van der Waals surface area contributed by atoms with E-state index >= 15 is 0 Å². The zero-order valence-electron chi connectivity index (χ0n) is 18.4. The van der Waals surface area contributed by atoms with Crippen molar-refractivity contribution in [2.45, 2.75) is 12.4 Å². The number of nitrogens with two attached hydrogens (primary N) is 1. The van der Waals surface area contributed by atoms with Gasteiger partial charge in [0.15, 0.2) is 11.6 Å². The number of fused-ring (bicyclic) bond motifs is 1. The average Bonchev–Trinajstić information content (AvgIpc) is 3.23. The van der Waals surface area contributed by atoms with Crippen molar-refractivity contribution in [3.63, 3.8) is 0 Å². The zero-order chi connectivity index (χ0) is 29.3. The number of halogens is 9. The Balaban J connectivity index is 0.000000426. The molecule has 1 heterocycles. The summed E-state index contributed by atoms with van der Waals surface area (Å²) in [7, 11) is 0. The Morgan fingerprint density at radius 1 is 1.03 bits per heavy atom. The Morgan fingerprint density at radius 2 is 1.58 bits per heavy atom. The zero-order valence-corrected chi connectivity index (χ0v) is 20.0. The van der Waals surface area contributed by atoms with Crippen LogP contribution in [0.3, 0.4) is 0 Å². The molecule has 0 aliphatic rings. The number of rotatable bonds is 5. The van der Waals surface area contributed by atoms with Gasteiger partial charge in [0, 0.05) is 22.7 Å². The fraction of sp³-hybridized carbons (Fsp3) is 0.190. The monoisotopic (exact) mass is 594 g/mol. The van der Waals surface area contributed by atoms with Crippen LogP contribution in [0, 0.1) is 5.82 Å². The van der Waals surface area contributed by atoms with E-state index in [0.717, 1.165) is 10.2 Å². The summed E-state index contributed by atoms with van der Waals surface area (Å²) in [6.07, 6.45) is -9.79. The first-order valence-electron chi connectivity index (χ1n) is 9.56. The van der Waals surface area contributed by atoms with Gasteiger partial charge >= 0.3 is 24.3 Å². The van der Waals surface area contributed by atoms with Crippen LogP contribution in [0.1, 0.15) is 0 Å². The number of carbonyl (C=O) groups is 2. The molecule has 0 bridgehead atoms. The second-order valence-corrected chi connectivity index (χ2v) is 8.11. The maximum Gasteiger partial charge on any atom is 0.490 e. The molecule has 0 saturated carbocycles. The number of aliphatic carboxylic acids is 2. The van der Waals surface area contributed by atoms with Crippen molar-refractivity contribution < 1.29 is 59.7 Å². The molecule has 7 nitrogen and oxygen atoms in total. The number of ether oxygens (including phenoxy) is 1. The van der Waals surface area contributed by atoms with Gasteiger partial charge in [-0.3, -0.25) is 0 Å². The van der Waals surface area contributed by atoms with E-state index in [2.05, 4.69) is 4.98 Å². The van der Waals surface area contributed by atoms with E-state index < -0.39 is 30.1 Å². The molecule has 0 amide bonds. The normalized spacial score (nSPS) is 11.7. The average molecular weight is 595 g/mol. The summed E-state index contributed by atoms with van der Waals surface area (Å²) in [5.41, 5.74) is 7.03. The number of aromatic nitrogens is 1. The minimum atomic E-state index is -5.08. The standard InChI is InChI=1S/C17H13ClF2N2OS.2C2HF3O2/c18-12-2-3-14-16(6-12)24-17(22-14)11-1-4-15(13(20)5-11)23-9-10(7-19)8-21;2*3-2(4,5)1(6)7/h1-7H,8-9,21H2;2*(H,6,7)/b10-7+;;. The van der Waals surface area contributed by atoms with Gasteiger partial charge in [0.05, 0.1) is 16.5 Å². The Labute approximate surface area is 216 Å². The first kappa shape index (κ1) is 32.5. The van der Waals surface area contributed by atoms with E-state index in [-0.39, 0.29) is 24.5 Å². The van der Waals surface area contributed by atoms with Crippen molar-refractivity contribution in [1.82, 2.24) is 4.98 Å². The molecule has 0 aliphatic heterocycles. The fourth-order valence-corrected chi connectivity index (χ4v) is 3.32. The van der Waals surface area contributed by atoms with Crippen molar-refractivity contribution >= 4 is 45.1 Å². The number of hydrogen-bond donors (Lipinski definition) is 3. The van der Waals surface area contributed by atoms with Crippen LogP contribution >= 0.6 is 22.9 Å². The van der Waals surface area contributed by atoms with Crippen LogP contribution in [0.2, 0.25) is 5.02 Å². The highest BCUT2D eigenvalue weighted by atomic mass is 35.5. The van der Waals surface area contributed by atoms with Gasteiger partial charge in [-0.05, 0) is 36.4 Å². The highest BCUT2D eigenvalue weighted by Gasteiger charge is 2.38. The first-order valence-corrected chi connectivity index (χ1v) is 10.8. The predicted molar refractivity (Wildman–Crippen MR) is 121 cm³/mol. The lowest BCUT2D eigenvalue weighted by Crippen LogP contribution is -2.21. The van der Waals surface area contributed by atoms with Crippen LogP contribution in [0.5, 0.6) is 5.75 Å². The number of benzene rings is 2. The minimum absolute atomic E-state index is 0.0183. The van der Waals surface area contributed by atoms with E-state index in [1.165, 1.54) is 23.5 Å². The molecule has 0 aliphatic carbocycles. The minimum Gasteiger partial charge on any atom is -0.486 e. The summed E-state index contributed by atoms with van der Waals surface area (Å²) in [6, 6.07) is 9.95. The highest BCUT2D eigenvalue weighted by molar-refractivity contribution is 7.21. The summed E-state index contributed by atoms with van der Waals surface area (Å²) in [5.74, 6) is -6.02. The third-order valence-electron chi connectivity index (χ3n) is 3.84. The Kier molecular flexibility index (Phi) is 11.9. The third-order valence-corrected chi connectivity index (χ3v) is 5.15. The lowest BCUT2D eigenvalue weighted by molar-refractivity contribution is -0.193. The first-order chi connectivity index (χ1) is 17.5. The van der Waals surface area contributed by atoms with Gasteiger partial charge in [0.1, 0.15) is 11.6 Å². The SMILES string of the molecule is NC/C(=C\F)COc1ccc(-c2nc3ccc(Cl)cc3s2)cc1F.O=C(O)C(F)(F)F.O=C(O)C(F)(F)F. The molecule has 4 N–H and O–H groups in total. The van der Waals surface area contributed by atoms with E-state index in [1.54, 1.807) is 12.1 Å². The topological polar surface area (TPSA) is 123 Å². The summed E-state index contributed by atoms with van der Waals surface area (Å²) in [5, 5.41) is 15.6. The lowest BCUT2D eigenvalue weighted by atomic mass is 10.2. The number of hydrogen-bond acceptors (Lipinski definition) is 6. The quantitative estimate of drug-likeness (QED) is 0.300. The highest BCUT2D eigenvalue weighted by Crippen LogP contribution is 2.33. The van der Waals surface area contributed by atoms with E-state index in [0.29, 0.717) is 21.9 Å². The van der Waals surface area contributed by atoms with Crippen molar-refractivity contribution in [2.24, 2.45) is 5.73 Å². The molecule has 2 aromatic carbocycles. The molecular weight excluding hydrogens is 580 g/mol. The van der Waals surface area contributed by atoms with Crippen LogP contribution in [-0.4, -0.2) is 52.6 Å². The third kappa shape index (κ3) is 10.5. The Morgan fingerprint density at radius 3 is 2.03 bits per heavy atom. The van der Waals surface area contributed by atoms with Gasteiger partial charge in [0.2, 0.25) is 0 Å². The summed E-state index contributed by atoms with van der Waals surface area (Å²) >= 11 is 7.39. The summed E-state index contributed by atoms with van der Waals surface area (Å²) in [6.45, 7) is -0.0760. The number of alkyl halides is 6. The van der Waals surface area contributed by atoms with Gasteiger partial charge in [-0.2, -0.15) is 26.3 Å². The fourth-order valence-electron chi connectivity index (χ4n) is 2.08. The van der Waals surface area contributed by atoms with E-state index in [1.807, 2.05) is 12.1 Å². The molecule has 0 atom stereocenters.